The maximum atomic E-state index is 5.61. The summed E-state index contributed by atoms with van der Waals surface area (Å²) < 4.78 is 5.61. The van der Waals surface area contributed by atoms with Crippen LogP contribution in [0.5, 0.6) is 0 Å². The minimum atomic E-state index is 0.556. The first-order valence-electron chi connectivity index (χ1n) is 4.22. The van der Waals surface area contributed by atoms with Crippen LogP contribution in [0.25, 0.3) is 11.0 Å². The van der Waals surface area contributed by atoms with Crippen LogP contribution < -0.4 is 0 Å². The number of aliphatic imine (C=N–C) groups is 1. The van der Waals surface area contributed by atoms with Gasteiger partial charge in [-0.15, -0.1) is 0 Å². The SMILES string of the molecule is C=NCc1oc2ccccc2c1C. The van der Waals surface area contributed by atoms with Crippen molar-refractivity contribution in [1.82, 2.24) is 0 Å². The summed E-state index contributed by atoms with van der Waals surface area (Å²) in [4.78, 5) is 3.82. The van der Waals surface area contributed by atoms with Gasteiger partial charge in [-0.1, -0.05) is 18.2 Å². The Kier molecular flexibility index (Phi) is 1.89. The van der Waals surface area contributed by atoms with Crippen molar-refractivity contribution in [1.29, 1.82) is 0 Å². The summed E-state index contributed by atoms with van der Waals surface area (Å²) in [7, 11) is 0. The molecule has 2 aromatic rings. The van der Waals surface area contributed by atoms with E-state index >= 15 is 0 Å². The van der Waals surface area contributed by atoms with E-state index in [1.54, 1.807) is 0 Å². The number of benzene rings is 1. The zero-order chi connectivity index (χ0) is 9.26. The molecule has 0 unspecified atom stereocenters. The Balaban J connectivity index is 2.66. The van der Waals surface area contributed by atoms with E-state index in [-0.39, 0.29) is 0 Å². The summed E-state index contributed by atoms with van der Waals surface area (Å²) in [6.07, 6.45) is 0. The third-order valence-electron chi connectivity index (χ3n) is 2.20. The smallest absolute Gasteiger partial charge is 0.134 e. The number of rotatable bonds is 2. The van der Waals surface area contributed by atoms with Gasteiger partial charge in [0.15, 0.2) is 0 Å². The molecule has 0 radical (unpaired) electrons. The fourth-order valence-electron chi connectivity index (χ4n) is 1.48. The van der Waals surface area contributed by atoms with E-state index in [9.17, 15) is 0 Å². The summed E-state index contributed by atoms with van der Waals surface area (Å²) in [6.45, 7) is 6.06. The second-order valence-corrected chi connectivity index (χ2v) is 3.03. The Labute approximate surface area is 76.9 Å². The number of hydrogen-bond donors (Lipinski definition) is 0. The highest BCUT2D eigenvalue weighted by molar-refractivity contribution is 5.81. The van der Waals surface area contributed by atoms with Gasteiger partial charge in [0.25, 0.3) is 0 Å². The number of fused-ring (bicyclic) bond motifs is 1. The van der Waals surface area contributed by atoms with Crippen molar-refractivity contribution < 1.29 is 4.42 Å². The van der Waals surface area contributed by atoms with Gasteiger partial charge < -0.3 is 4.42 Å². The van der Waals surface area contributed by atoms with Gasteiger partial charge in [-0.25, -0.2) is 0 Å². The predicted molar refractivity (Wildman–Crippen MR) is 54.2 cm³/mol. The minimum absolute atomic E-state index is 0.556. The lowest BCUT2D eigenvalue weighted by molar-refractivity contribution is 0.550. The molecule has 1 aromatic heterocycles. The first-order valence-corrected chi connectivity index (χ1v) is 4.22. The molecule has 0 amide bonds. The maximum Gasteiger partial charge on any atom is 0.134 e. The van der Waals surface area contributed by atoms with Gasteiger partial charge in [0.05, 0.1) is 6.54 Å². The van der Waals surface area contributed by atoms with Crippen LogP contribution in [0.1, 0.15) is 11.3 Å². The highest BCUT2D eigenvalue weighted by Gasteiger charge is 2.07. The van der Waals surface area contributed by atoms with E-state index in [0.29, 0.717) is 6.54 Å². The van der Waals surface area contributed by atoms with Crippen molar-refractivity contribution in [3.05, 3.63) is 35.6 Å². The first kappa shape index (κ1) is 8.05. The molecule has 0 fully saturated rings. The average Bonchev–Trinajstić information content (AvgIpc) is 2.46. The van der Waals surface area contributed by atoms with Crippen LogP contribution in [-0.2, 0) is 6.54 Å². The molecule has 0 saturated heterocycles. The van der Waals surface area contributed by atoms with E-state index in [0.717, 1.165) is 11.3 Å². The normalized spacial score (nSPS) is 10.5. The third-order valence-corrected chi connectivity index (χ3v) is 2.20. The molecule has 0 aliphatic heterocycles. The van der Waals surface area contributed by atoms with Crippen LogP contribution in [-0.4, -0.2) is 6.72 Å². The Bertz CT molecular complexity index is 442. The number of nitrogens with zero attached hydrogens (tertiary/aromatic N) is 1. The fraction of sp³-hybridized carbons (Fsp3) is 0.182. The van der Waals surface area contributed by atoms with Crippen molar-refractivity contribution >= 4 is 17.7 Å². The highest BCUT2D eigenvalue weighted by Crippen LogP contribution is 2.24. The molecule has 0 aliphatic rings. The van der Waals surface area contributed by atoms with E-state index in [2.05, 4.69) is 17.8 Å². The molecule has 2 rings (SSSR count). The van der Waals surface area contributed by atoms with E-state index in [1.807, 2.05) is 25.1 Å². The number of furan rings is 1. The van der Waals surface area contributed by atoms with Crippen LogP contribution in [0.2, 0.25) is 0 Å². The number of aryl methyl sites for hydroxylation is 1. The van der Waals surface area contributed by atoms with Crippen molar-refractivity contribution in [2.75, 3.05) is 0 Å². The summed E-state index contributed by atoms with van der Waals surface area (Å²) in [5.74, 6) is 0.913. The highest BCUT2D eigenvalue weighted by atomic mass is 16.3. The van der Waals surface area contributed by atoms with Crippen LogP contribution in [0, 0.1) is 6.92 Å². The summed E-state index contributed by atoms with van der Waals surface area (Å²) in [5, 5.41) is 1.17. The largest absolute Gasteiger partial charge is 0.459 e. The minimum Gasteiger partial charge on any atom is -0.459 e. The topological polar surface area (TPSA) is 25.5 Å². The van der Waals surface area contributed by atoms with Gasteiger partial charge in [0.2, 0.25) is 0 Å². The molecule has 0 aliphatic carbocycles. The molecule has 13 heavy (non-hydrogen) atoms. The molecule has 1 aromatic carbocycles. The lowest BCUT2D eigenvalue weighted by Crippen LogP contribution is -1.78. The standard InChI is InChI=1S/C11H11NO/c1-8-9-5-3-4-6-10(9)13-11(8)7-12-2/h3-6H,2,7H2,1H3. The third kappa shape index (κ3) is 1.24. The monoisotopic (exact) mass is 173 g/mol. The first-order chi connectivity index (χ1) is 6.33. The van der Waals surface area contributed by atoms with Crippen molar-refractivity contribution in [3.8, 4) is 0 Å². The predicted octanol–water partition coefficient (Wildman–Crippen LogP) is 2.94. The second-order valence-electron chi connectivity index (χ2n) is 3.03. The van der Waals surface area contributed by atoms with Gasteiger partial charge in [-0.05, 0) is 19.7 Å². The Hall–Kier alpha value is -1.57. The number of para-hydroxylation sites is 1. The lowest BCUT2D eigenvalue weighted by Gasteiger charge is -1.89. The van der Waals surface area contributed by atoms with E-state index < -0.39 is 0 Å². The van der Waals surface area contributed by atoms with E-state index in [4.69, 9.17) is 4.42 Å². The molecule has 0 spiro atoms. The molecule has 66 valence electrons. The van der Waals surface area contributed by atoms with Gasteiger partial charge in [-0.3, -0.25) is 4.99 Å². The van der Waals surface area contributed by atoms with Gasteiger partial charge >= 0.3 is 0 Å². The Morgan fingerprint density at radius 3 is 2.85 bits per heavy atom. The summed E-state index contributed by atoms with van der Waals surface area (Å²) in [5.41, 5.74) is 2.10. The molecule has 2 heteroatoms. The quantitative estimate of drug-likeness (QED) is 0.641. The molecular weight excluding hydrogens is 162 g/mol. The maximum absolute atomic E-state index is 5.61. The molecule has 0 saturated carbocycles. The molecule has 0 N–H and O–H groups in total. The van der Waals surface area contributed by atoms with Gasteiger partial charge in [-0.2, -0.15) is 0 Å². The lowest BCUT2D eigenvalue weighted by atomic mass is 10.1. The van der Waals surface area contributed by atoms with Crippen molar-refractivity contribution in [3.63, 3.8) is 0 Å². The van der Waals surface area contributed by atoms with Gasteiger partial charge in [0, 0.05) is 10.9 Å². The molecule has 0 atom stereocenters. The zero-order valence-corrected chi connectivity index (χ0v) is 7.58. The molecule has 2 nitrogen and oxygen atoms in total. The molecule has 0 bridgehead atoms. The number of hydrogen-bond acceptors (Lipinski definition) is 2. The fourth-order valence-corrected chi connectivity index (χ4v) is 1.48. The van der Waals surface area contributed by atoms with E-state index in [1.165, 1.54) is 10.9 Å². The van der Waals surface area contributed by atoms with Crippen LogP contribution in [0.4, 0.5) is 0 Å². The van der Waals surface area contributed by atoms with Crippen LogP contribution in [0.3, 0.4) is 0 Å². The Morgan fingerprint density at radius 2 is 2.15 bits per heavy atom. The Morgan fingerprint density at radius 1 is 1.38 bits per heavy atom. The van der Waals surface area contributed by atoms with Gasteiger partial charge in [0.1, 0.15) is 11.3 Å². The van der Waals surface area contributed by atoms with Crippen molar-refractivity contribution in [2.24, 2.45) is 4.99 Å². The second kappa shape index (κ2) is 3.05. The van der Waals surface area contributed by atoms with Crippen LogP contribution in [0.15, 0.2) is 33.7 Å². The zero-order valence-electron chi connectivity index (χ0n) is 7.58. The average molecular weight is 173 g/mol. The van der Waals surface area contributed by atoms with Crippen molar-refractivity contribution in [2.45, 2.75) is 13.5 Å². The molecular formula is C11H11NO. The molecule has 1 heterocycles. The van der Waals surface area contributed by atoms with Crippen LogP contribution >= 0.6 is 0 Å². The summed E-state index contributed by atoms with van der Waals surface area (Å²) in [6, 6.07) is 8.00. The summed E-state index contributed by atoms with van der Waals surface area (Å²) >= 11 is 0.